The third-order valence-electron chi connectivity index (χ3n) is 2.66. The summed E-state index contributed by atoms with van der Waals surface area (Å²) in [6, 6.07) is 2.98. The van der Waals surface area contributed by atoms with Crippen molar-refractivity contribution in [1.29, 1.82) is 0 Å². The van der Waals surface area contributed by atoms with Crippen LogP contribution < -0.4 is 5.56 Å². The summed E-state index contributed by atoms with van der Waals surface area (Å²) in [4.78, 5) is 27.2. The topological polar surface area (TPSA) is 62.4 Å². The molecule has 1 fully saturated rings. The lowest BCUT2D eigenvalue weighted by Crippen LogP contribution is -2.47. The van der Waals surface area contributed by atoms with Gasteiger partial charge < -0.3 is 14.6 Å². The third kappa shape index (κ3) is 2.14. The van der Waals surface area contributed by atoms with Crippen molar-refractivity contribution in [1.82, 2.24) is 9.88 Å². The molecule has 1 aromatic heterocycles. The minimum absolute atomic E-state index is 0.0629. The van der Waals surface area contributed by atoms with Crippen LogP contribution in [-0.4, -0.2) is 41.6 Å². The maximum Gasteiger partial charge on any atom is 0.255 e. The molecule has 2 heterocycles. The second-order valence-corrected chi connectivity index (χ2v) is 3.86. The predicted molar refractivity (Wildman–Crippen MR) is 58.4 cm³/mol. The summed E-state index contributed by atoms with van der Waals surface area (Å²) in [6.07, 6.45) is 1.45. The minimum Gasteiger partial charge on any atom is -0.377 e. The molecule has 1 unspecified atom stereocenters. The number of pyridine rings is 1. The van der Waals surface area contributed by atoms with Gasteiger partial charge in [-0.15, -0.1) is 0 Å². The van der Waals surface area contributed by atoms with Crippen molar-refractivity contribution in [3.05, 3.63) is 34.2 Å². The van der Waals surface area contributed by atoms with Gasteiger partial charge in [0.05, 0.1) is 24.8 Å². The van der Waals surface area contributed by atoms with Gasteiger partial charge in [0.2, 0.25) is 5.56 Å². The molecule has 1 amide bonds. The number of H-pyrrole nitrogens is 1. The zero-order valence-electron chi connectivity index (χ0n) is 9.10. The van der Waals surface area contributed by atoms with E-state index < -0.39 is 0 Å². The Kier molecular flexibility index (Phi) is 3.05. The molecular weight excluding hydrogens is 208 g/mol. The maximum absolute atomic E-state index is 12.1. The summed E-state index contributed by atoms with van der Waals surface area (Å²) in [6.45, 7) is 3.68. The van der Waals surface area contributed by atoms with Gasteiger partial charge in [-0.3, -0.25) is 9.59 Å². The van der Waals surface area contributed by atoms with Crippen molar-refractivity contribution in [2.45, 2.75) is 13.0 Å². The molecule has 2 rings (SSSR count). The van der Waals surface area contributed by atoms with Crippen LogP contribution in [0.25, 0.3) is 0 Å². The van der Waals surface area contributed by atoms with E-state index >= 15 is 0 Å². The molecule has 0 bridgehead atoms. The highest BCUT2D eigenvalue weighted by Gasteiger charge is 2.24. The molecule has 86 valence electrons. The van der Waals surface area contributed by atoms with Crippen LogP contribution in [0.1, 0.15) is 17.3 Å². The number of amides is 1. The molecule has 1 aliphatic heterocycles. The highest BCUT2D eigenvalue weighted by molar-refractivity contribution is 5.94. The smallest absolute Gasteiger partial charge is 0.255 e. The number of carbonyl (C=O) groups excluding carboxylic acids is 1. The summed E-state index contributed by atoms with van der Waals surface area (Å²) in [5.41, 5.74) is 0.305. The summed E-state index contributed by atoms with van der Waals surface area (Å²) in [7, 11) is 0. The van der Waals surface area contributed by atoms with Crippen molar-refractivity contribution in [3.8, 4) is 0 Å². The number of aromatic nitrogens is 1. The van der Waals surface area contributed by atoms with Gasteiger partial charge in [0.1, 0.15) is 0 Å². The lowest BCUT2D eigenvalue weighted by molar-refractivity contribution is 0.00357. The fourth-order valence-electron chi connectivity index (χ4n) is 1.74. The molecule has 5 nitrogen and oxygen atoms in total. The summed E-state index contributed by atoms with van der Waals surface area (Å²) in [5, 5.41) is 0. The summed E-state index contributed by atoms with van der Waals surface area (Å²) >= 11 is 0. The van der Waals surface area contributed by atoms with Crippen molar-refractivity contribution in [3.63, 3.8) is 0 Å². The fourth-order valence-corrected chi connectivity index (χ4v) is 1.74. The van der Waals surface area contributed by atoms with Crippen LogP contribution in [0.15, 0.2) is 23.1 Å². The van der Waals surface area contributed by atoms with Gasteiger partial charge in [0, 0.05) is 18.8 Å². The van der Waals surface area contributed by atoms with Crippen LogP contribution in [0.4, 0.5) is 0 Å². The molecule has 1 N–H and O–H groups in total. The zero-order chi connectivity index (χ0) is 11.5. The third-order valence-corrected chi connectivity index (χ3v) is 2.66. The average Bonchev–Trinajstić information content (AvgIpc) is 2.30. The molecule has 0 saturated carbocycles. The van der Waals surface area contributed by atoms with E-state index in [1.54, 1.807) is 11.0 Å². The van der Waals surface area contributed by atoms with Crippen LogP contribution in [0.5, 0.6) is 0 Å². The van der Waals surface area contributed by atoms with E-state index in [4.69, 9.17) is 4.74 Å². The maximum atomic E-state index is 12.1. The normalized spacial score (nSPS) is 20.8. The van der Waals surface area contributed by atoms with E-state index in [0.717, 1.165) is 0 Å². The highest BCUT2D eigenvalue weighted by Crippen LogP contribution is 2.10. The van der Waals surface area contributed by atoms with E-state index in [1.807, 2.05) is 6.92 Å². The van der Waals surface area contributed by atoms with Crippen molar-refractivity contribution in [2.75, 3.05) is 19.8 Å². The number of nitrogens with zero attached hydrogens (tertiary/aromatic N) is 1. The summed E-state index contributed by atoms with van der Waals surface area (Å²) < 4.78 is 5.27. The number of morpholine rings is 1. The van der Waals surface area contributed by atoms with Crippen LogP contribution >= 0.6 is 0 Å². The van der Waals surface area contributed by atoms with Gasteiger partial charge >= 0.3 is 0 Å². The first kappa shape index (κ1) is 10.9. The van der Waals surface area contributed by atoms with Crippen LogP contribution in [0.2, 0.25) is 0 Å². The SMILES string of the molecule is CC1COCCN1C(=O)c1ccc(=O)[nH]c1. The van der Waals surface area contributed by atoms with Gasteiger partial charge in [-0.05, 0) is 13.0 Å². The van der Waals surface area contributed by atoms with E-state index in [2.05, 4.69) is 4.98 Å². The van der Waals surface area contributed by atoms with Crippen molar-refractivity contribution < 1.29 is 9.53 Å². The molecule has 1 aromatic rings. The van der Waals surface area contributed by atoms with Gasteiger partial charge in [0.15, 0.2) is 0 Å². The molecule has 1 atom stereocenters. The zero-order valence-corrected chi connectivity index (χ0v) is 9.10. The second kappa shape index (κ2) is 4.49. The van der Waals surface area contributed by atoms with Crippen LogP contribution in [0, 0.1) is 0 Å². The highest BCUT2D eigenvalue weighted by atomic mass is 16.5. The monoisotopic (exact) mass is 222 g/mol. The first-order chi connectivity index (χ1) is 7.68. The number of hydrogen-bond acceptors (Lipinski definition) is 3. The number of carbonyl (C=O) groups is 1. The average molecular weight is 222 g/mol. The molecular formula is C11H14N2O3. The Hall–Kier alpha value is -1.62. The van der Waals surface area contributed by atoms with E-state index in [0.29, 0.717) is 25.3 Å². The molecule has 0 aliphatic carbocycles. The Morgan fingerprint density at radius 2 is 2.38 bits per heavy atom. The molecule has 5 heteroatoms. The van der Waals surface area contributed by atoms with Gasteiger partial charge in [-0.25, -0.2) is 0 Å². The number of ether oxygens (including phenoxy) is 1. The van der Waals surface area contributed by atoms with Gasteiger partial charge in [-0.1, -0.05) is 0 Å². The van der Waals surface area contributed by atoms with E-state index in [1.165, 1.54) is 12.3 Å². The quantitative estimate of drug-likeness (QED) is 0.740. The molecule has 0 aromatic carbocycles. The van der Waals surface area contributed by atoms with Gasteiger partial charge in [0.25, 0.3) is 5.91 Å². The second-order valence-electron chi connectivity index (χ2n) is 3.86. The molecule has 1 aliphatic rings. The molecule has 0 radical (unpaired) electrons. The Morgan fingerprint density at radius 3 is 3.00 bits per heavy atom. The molecule has 0 spiro atoms. The number of nitrogens with one attached hydrogen (secondary N) is 1. The molecule has 16 heavy (non-hydrogen) atoms. The molecule has 1 saturated heterocycles. The lowest BCUT2D eigenvalue weighted by atomic mass is 10.2. The summed E-state index contributed by atoms with van der Waals surface area (Å²) in [5.74, 6) is -0.0629. The van der Waals surface area contributed by atoms with E-state index in [9.17, 15) is 9.59 Å². The number of rotatable bonds is 1. The van der Waals surface area contributed by atoms with Crippen LogP contribution in [0.3, 0.4) is 0 Å². The number of hydrogen-bond donors (Lipinski definition) is 1. The first-order valence-corrected chi connectivity index (χ1v) is 5.26. The standard InChI is InChI=1S/C11H14N2O3/c1-8-7-16-5-4-13(8)11(15)9-2-3-10(14)12-6-9/h2-3,6,8H,4-5,7H2,1H3,(H,12,14). The Labute approximate surface area is 93.0 Å². The van der Waals surface area contributed by atoms with Gasteiger partial charge in [-0.2, -0.15) is 0 Å². The Balaban J connectivity index is 2.17. The minimum atomic E-state index is -0.202. The largest absolute Gasteiger partial charge is 0.377 e. The first-order valence-electron chi connectivity index (χ1n) is 5.26. The number of aromatic amines is 1. The predicted octanol–water partition coefficient (Wildman–Crippen LogP) is 0.236. The van der Waals surface area contributed by atoms with Crippen molar-refractivity contribution in [2.24, 2.45) is 0 Å². The Morgan fingerprint density at radius 1 is 1.56 bits per heavy atom. The Bertz CT molecular complexity index is 421. The van der Waals surface area contributed by atoms with Crippen LogP contribution in [-0.2, 0) is 4.74 Å². The van der Waals surface area contributed by atoms with Crippen molar-refractivity contribution >= 4 is 5.91 Å². The van der Waals surface area contributed by atoms with E-state index in [-0.39, 0.29) is 17.5 Å². The lowest BCUT2D eigenvalue weighted by Gasteiger charge is -2.33. The fraction of sp³-hybridized carbons (Fsp3) is 0.455.